The summed E-state index contributed by atoms with van der Waals surface area (Å²) in [4.78, 5) is 3.73. The molecule has 0 fully saturated rings. The van der Waals surface area contributed by atoms with Gasteiger partial charge < -0.3 is 0 Å². The molecular weight excluding hydrogens is 319 g/mol. The van der Waals surface area contributed by atoms with Gasteiger partial charge in [-0.15, -0.1) is 0 Å². The summed E-state index contributed by atoms with van der Waals surface area (Å²) < 4.78 is 41.6. The fraction of sp³-hybridized carbons (Fsp3) is 0.0667. The third-order valence-electron chi connectivity index (χ3n) is 3.12. The van der Waals surface area contributed by atoms with Crippen LogP contribution in [0.1, 0.15) is 5.56 Å². The van der Waals surface area contributed by atoms with E-state index in [9.17, 15) is 12.8 Å². The number of aromatic nitrogens is 3. The molecule has 2 aromatic carbocycles. The summed E-state index contributed by atoms with van der Waals surface area (Å²) in [7, 11) is -3.82. The Labute approximate surface area is 132 Å². The van der Waals surface area contributed by atoms with Gasteiger partial charge in [0.25, 0.3) is 10.0 Å². The van der Waals surface area contributed by atoms with E-state index >= 15 is 0 Å². The van der Waals surface area contributed by atoms with Crippen molar-refractivity contribution in [3.8, 4) is 0 Å². The third kappa shape index (κ3) is 3.72. The average molecular weight is 332 g/mol. The van der Waals surface area contributed by atoms with E-state index in [4.69, 9.17) is 0 Å². The van der Waals surface area contributed by atoms with Gasteiger partial charge in [-0.05, 0) is 35.9 Å². The molecule has 0 amide bonds. The summed E-state index contributed by atoms with van der Waals surface area (Å²) in [5.41, 5.74) is 1.35. The highest BCUT2D eigenvalue weighted by molar-refractivity contribution is 7.92. The lowest BCUT2D eigenvalue weighted by atomic mass is 10.2. The second-order valence-corrected chi connectivity index (χ2v) is 6.54. The van der Waals surface area contributed by atoms with Crippen LogP contribution in [-0.2, 0) is 16.6 Å². The molecule has 0 bridgehead atoms. The first-order valence-corrected chi connectivity index (χ1v) is 8.21. The lowest BCUT2D eigenvalue weighted by Crippen LogP contribution is -2.13. The summed E-state index contributed by atoms with van der Waals surface area (Å²) >= 11 is 0. The maximum atomic E-state index is 13.2. The van der Waals surface area contributed by atoms with Crippen LogP contribution in [0, 0.1) is 5.82 Å². The van der Waals surface area contributed by atoms with Gasteiger partial charge in [-0.2, -0.15) is 5.10 Å². The Bertz CT molecular complexity index is 893. The molecule has 23 heavy (non-hydrogen) atoms. The van der Waals surface area contributed by atoms with E-state index in [1.165, 1.54) is 24.5 Å². The summed E-state index contributed by atoms with van der Waals surface area (Å²) in [5.74, 6) is -0.601. The molecule has 0 atom stereocenters. The molecule has 0 spiro atoms. The van der Waals surface area contributed by atoms with Crippen molar-refractivity contribution in [3.63, 3.8) is 0 Å². The first kappa shape index (κ1) is 15.2. The van der Waals surface area contributed by atoms with Gasteiger partial charge in [-0.25, -0.2) is 22.5 Å². The Morgan fingerprint density at radius 2 is 1.91 bits per heavy atom. The van der Waals surface area contributed by atoms with E-state index in [1.807, 2.05) is 0 Å². The number of hydrogen-bond donors (Lipinski definition) is 1. The Morgan fingerprint density at radius 1 is 1.13 bits per heavy atom. The number of hydrogen-bond acceptors (Lipinski definition) is 4. The lowest BCUT2D eigenvalue weighted by molar-refractivity contribution is 0.595. The molecule has 1 aromatic heterocycles. The topological polar surface area (TPSA) is 76.9 Å². The highest BCUT2D eigenvalue weighted by Gasteiger charge is 2.14. The summed E-state index contributed by atoms with van der Waals surface area (Å²) in [6, 6.07) is 11.7. The second kappa shape index (κ2) is 6.17. The minimum absolute atomic E-state index is 0.121. The van der Waals surface area contributed by atoms with Gasteiger partial charge in [0.05, 0.1) is 11.4 Å². The third-order valence-corrected chi connectivity index (χ3v) is 4.50. The number of nitrogens with one attached hydrogen (secondary N) is 1. The van der Waals surface area contributed by atoms with Crippen LogP contribution >= 0.6 is 0 Å². The Kier molecular flexibility index (Phi) is 4.07. The highest BCUT2D eigenvalue weighted by atomic mass is 32.2. The van der Waals surface area contributed by atoms with Crippen molar-refractivity contribution in [1.29, 1.82) is 0 Å². The fourth-order valence-corrected chi connectivity index (χ4v) is 3.12. The van der Waals surface area contributed by atoms with Crippen LogP contribution in [-0.4, -0.2) is 23.2 Å². The first-order chi connectivity index (χ1) is 11.0. The molecular formula is C15H13FN4O2S. The van der Waals surface area contributed by atoms with Gasteiger partial charge in [0.2, 0.25) is 0 Å². The van der Waals surface area contributed by atoms with E-state index in [-0.39, 0.29) is 4.90 Å². The van der Waals surface area contributed by atoms with Gasteiger partial charge in [-0.3, -0.25) is 4.72 Å². The van der Waals surface area contributed by atoms with E-state index in [0.29, 0.717) is 12.2 Å². The van der Waals surface area contributed by atoms with Gasteiger partial charge in [0.1, 0.15) is 18.5 Å². The molecule has 0 unspecified atom stereocenters. The van der Waals surface area contributed by atoms with E-state index in [0.717, 1.165) is 11.6 Å². The molecule has 8 heteroatoms. The highest BCUT2D eigenvalue weighted by Crippen LogP contribution is 2.17. The van der Waals surface area contributed by atoms with Gasteiger partial charge in [0.15, 0.2) is 0 Å². The monoisotopic (exact) mass is 332 g/mol. The number of nitrogens with zero attached hydrogens (tertiary/aromatic N) is 3. The second-order valence-electron chi connectivity index (χ2n) is 4.85. The smallest absolute Gasteiger partial charge is 0.261 e. The number of anilines is 1. The molecule has 3 rings (SSSR count). The van der Waals surface area contributed by atoms with Crippen LogP contribution in [0.2, 0.25) is 0 Å². The normalized spacial score (nSPS) is 11.3. The van der Waals surface area contributed by atoms with Gasteiger partial charge in [0, 0.05) is 5.69 Å². The molecule has 0 saturated heterocycles. The molecule has 0 saturated carbocycles. The summed E-state index contributed by atoms with van der Waals surface area (Å²) in [5, 5.41) is 4.00. The van der Waals surface area contributed by atoms with Crippen molar-refractivity contribution in [2.45, 2.75) is 11.4 Å². The minimum atomic E-state index is -3.82. The van der Waals surface area contributed by atoms with Crippen molar-refractivity contribution < 1.29 is 12.8 Å². The van der Waals surface area contributed by atoms with Crippen LogP contribution in [0.15, 0.2) is 66.1 Å². The fourth-order valence-electron chi connectivity index (χ4n) is 2.03. The minimum Gasteiger partial charge on any atom is -0.280 e. The predicted octanol–water partition coefficient (Wildman–Crippen LogP) is 2.27. The number of rotatable bonds is 5. The Balaban J connectivity index is 1.75. The average Bonchev–Trinajstić information content (AvgIpc) is 3.02. The number of sulfonamides is 1. The van der Waals surface area contributed by atoms with Crippen LogP contribution in [0.5, 0.6) is 0 Å². The SMILES string of the molecule is O=S(=O)(Nc1ccc(Cn2cncn2)cc1)c1cccc(F)c1. The van der Waals surface area contributed by atoms with Crippen LogP contribution in [0.25, 0.3) is 0 Å². The molecule has 0 aliphatic carbocycles. The zero-order chi connectivity index (χ0) is 16.3. The quantitative estimate of drug-likeness (QED) is 0.777. The van der Waals surface area contributed by atoms with Gasteiger partial charge in [-0.1, -0.05) is 18.2 Å². The van der Waals surface area contributed by atoms with Crippen molar-refractivity contribution >= 4 is 15.7 Å². The predicted molar refractivity (Wildman–Crippen MR) is 82.8 cm³/mol. The van der Waals surface area contributed by atoms with E-state index in [1.54, 1.807) is 35.3 Å². The molecule has 6 nitrogen and oxygen atoms in total. The van der Waals surface area contributed by atoms with Gasteiger partial charge >= 0.3 is 0 Å². The zero-order valence-corrected chi connectivity index (χ0v) is 12.7. The van der Waals surface area contributed by atoms with Crippen molar-refractivity contribution in [1.82, 2.24) is 14.8 Å². The van der Waals surface area contributed by atoms with Crippen molar-refractivity contribution in [2.24, 2.45) is 0 Å². The molecule has 3 aromatic rings. The lowest BCUT2D eigenvalue weighted by Gasteiger charge is -2.09. The largest absolute Gasteiger partial charge is 0.280 e. The van der Waals surface area contributed by atoms with Crippen molar-refractivity contribution in [2.75, 3.05) is 4.72 Å². The standard InChI is InChI=1S/C15H13FN4O2S/c16-13-2-1-3-15(8-13)23(21,22)19-14-6-4-12(5-7-14)9-20-11-17-10-18-20/h1-8,10-11,19H,9H2. The first-order valence-electron chi connectivity index (χ1n) is 6.73. The zero-order valence-electron chi connectivity index (χ0n) is 11.9. The maximum Gasteiger partial charge on any atom is 0.261 e. The molecule has 0 radical (unpaired) electrons. The molecule has 1 N–H and O–H groups in total. The molecule has 0 aliphatic rings. The maximum absolute atomic E-state index is 13.2. The Morgan fingerprint density at radius 3 is 2.57 bits per heavy atom. The number of halogens is 1. The number of benzene rings is 2. The van der Waals surface area contributed by atoms with Crippen LogP contribution in [0.4, 0.5) is 10.1 Å². The summed E-state index contributed by atoms with van der Waals surface area (Å²) in [6.45, 7) is 0.539. The van der Waals surface area contributed by atoms with Crippen LogP contribution in [0.3, 0.4) is 0 Å². The van der Waals surface area contributed by atoms with Crippen LogP contribution < -0.4 is 4.72 Å². The Hall–Kier alpha value is -2.74. The van der Waals surface area contributed by atoms with E-state index < -0.39 is 15.8 Å². The molecule has 118 valence electrons. The summed E-state index contributed by atoms with van der Waals surface area (Å²) in [6.07, 6.45) is 3.04. The molecule has 0 aliphatic heterocycles. The van der Waals surface area contributed by atoms with Crippen molar-refractivity contribution in [3.05, 3.63) is 72.6 Å². The van der Waals surface area contributed by atoms with E-state index in [2.05, 4.69) is 14.8 Å². The molecule has 1 heterocycles.